The third kappa shape index (κ3) is 5.62. The van der Waals surface area contributed by atoms with E-state index in [2.05, 4.69) is 5.32 Å². The van der Waals surface area contributed by atoms with Crippen molar-refractivity contribution in [2.75, 3.05) is 11.9 Å². The first-order valence-electron chi connectivity index (χ1n) is 8.95. The van der Waals surface area contributed by atoms with Gasteiger partial charge in [0, 0.05) is 30.8 Å². The number of nitrogens with one attached hydrogen (secondary N) is 1. The van der Waals surface area contributed by atoms with Crippen LogP contribution in [-0.4, -0.2) is 32.5 Å². The summed E-state index contributed by atoms with van der Waals surface area (Å²) in [5, 5.41) is 13.3. The number of hydrogen-bond acceptors (Lipinski definition) is 6. The van der Waals surface area contributed by atoms with E-state index in [4.69, 9.17) is 12.2 Å². The molecule has 0 atom stereocenters. The van der Waals surface area contributed by atoms with Crippen molar-refractivity contribution in [1.82, 2.24) is 4.90 Å². The Bertz CT molecular complexity index is 1030. The average Bonchev–Trinajstić information content (AvgIpc) is 3.00. The number of nitro benzene ring substituents is 1. The zero-order valence-electron chi connectivity index (χ0n) is 15.7. The Labute approximate surface area is 182 Å². The van der Waals surface area contributed by atoms with Gasteiger partial charge < -0.3 is 5.32 Å². The number of rotatable bonds is 7. The van der Waals surface area contributed by atoms with Crippen LogP contribution in [0.1, 0.15) is 12.0 Å². The summed E-state index contributed by atoms with van der Waals surface area (Å²) in [6.07, 6.45) is 5.45. The van der Waals surface area contributed by atoms with Crippen LogP contribution in [0, 0.1) is 10.1 Å². The van der Waals surface area contributed by atoms with Crippen LogP contribution in [0.3, 0.4) is 0 Å². The fraction of sp³-hybridized carbons (Fsp3) is 0.0952. The molecule has 0 radical (unpaired) electrons. The average molecular weight is 440 g/mol. The lowest BCUT2D eigenvalue weighted by molar-refractivity contribution is -0.384. The topological polar surface area (TPSA) is 92.6 Å². The first-order chi connectivity index (χ1) is 14.4. The highest BCUT2D eigenvalue weighted by Gasteiger charge is 2.31. The molecule has 1 saturated heterocycles. The van der Waals surface area contributed by atoms with E-state index in [1.54, 1.807) is 12.2 Å². The molecule has 30 heavy (non-hydrogen) atoms. The third-order valence-corrected chi connectivity index (χ3v) is 5.53. The Balaban J connectivity index is 1.53. The zero-order chi connectivity index (χ0) is 21.5. The molecule has 1 aliphatic rings. The van der Waals surface area contributed by atoms with Crippen LogP contribution in [0.15, 0.2) is 71.7 Å². The quantitative estimate of drug-likeness (QED) is 0.298. The van der Waals surface area contributed by atoms with E-state index in [0.29, 0.717) is 14.9 Å². The number of thioether (sulfide) groups is 1. The predicted molar refractivity (Wildman–Crippen MR) is 122 cm³/mol. The minimum absolute atomic E-state index is 0.0521. The van der Waals surface area contributed by atoms with Gasteiger partial charge in [-0.25, -0.2) is 0 Å². The standard InChI is InChI=1S/C21H17N3O4S2/c25-19(22-16-9-11-17(12-10-16)24(27)28)13-14-23-20(26)18(30-21(23)29)8-4-7-15-5-2-1-3-6-15/h1-12H,13-14H2,(H,22,25)/b7-4+,18-8-. The highest BCUT2D eigenvalue weighted by atomic mass is 32.2. The van der Waals surface area contributed by atoms with E-state index in [9.17, 15) is 19.7 Å². The van der Waals surface area contributed by atoms with Gasteiger partial charge in [-0.3, -0.25) is 24.6 Å². The van der Waals surface area contributed by atoms with Crippen LogP contribution < -0.4 is 5.32 Å². The number of amides is 2. The molecule has 152 valence electrons. The summed E-state index contributed by atoms with van der Waals surface area (Å²) in [6.45, 7) is 0.156. The number of anilines is 1. The van der Waals surface area contributed by atoms with Crippen molar-refractivity contribution in [2.45, 2.75) is 6.42 Å². The van der Waals surface area contributed by atoms with Crippen molar-refractivity contribution >= 4 is 57.6 Å². The molecule has 3 rings (SSSR count). The monoisotopic (exact) mass is 439 g/mol. The van der Waals surface area contributed by atoms with Gasteiger partial charge in [0.2, 0.25) is 5.91 Å². The summed E-state index contributed by atoms with van der Waals surface area (Å²) in [5.41, 5.74) is 1.41. The fourth-order valence-corrected chi connectivity index (χ4v) is 3.88. The second-order valence-corrected chi connectivity index (χ2v) is 7.90. The van der Waals surface area contributed by atoms with Crippen molar-refractivity contribution in [1.29, 1.82) is 0 Å². The van der Waals surface area contributed by atoms with E-state index in [0.717, 1.165) is 5.56 Å². The minimum Gasteiger partial charge on any atom is -0.326 e. The van der Waals surface area contributed by atoms with Crippen LogP contribution in [0.5, 0.6) is 0 Å². The van der Waals surface area contributed by atoms with Gasteiger partial charge >= 0.3 is 0 Å². The molecule has 0 aliphatic carbocycles. The molecule has 1 heterocycles. The lowest BCUT2D eigenvalue weighted by Gasteiger charge is -2.14. The van der Waals surface area contributed by atoms with E-state index < -0.39 is 4.92 Å². The maximum absolute atomic E-state index is 12.6. The molecule has 0 unspecified atom stereocenters. The number of non-ortho nitro benzene ring substituents is 1. The van der Waals surface area contributed by atoms with Crippen molar-refractivity contribution in [2.24, 2.45) is 0 Å². The van der Waals surface area contributed by atoms with Gasteiger partial charge in [-0.2, -0.15) is 0 Å². The highest BCUT2D eigenvalue weighted by Crippen LogP contribution is 2.31. The first kappa shape index (κ1) is 21.4. The normalized spacial score (nSPS) is 15.2. The lowest BCUT2D eigenvalue weighted by Crippen LogP contribution is -2.31. The molecule has 1 N–H and O–H groups in total. The van der Waals surface area contributed by atoms with E-state index in [-0.39, 0.29) is 30.5 Å². The molecule has 1 aliphatic heterocycles. The molecule has 1 fully saturated rings. The molecule has 2 amide bonds. The molecule has 0 saturated carbocycles. The van der Waals surface area contributed by atoms with Gasteiger partial charge in [0.1, 0.15) is 4.32 Å². The number of nitrogens with zero attached hydrogens (tertiary/aromatic N) is 2. The van der Waals surface area contributed by atoms with Gasteiger partial charge in [-0.05, 0) is 23.8 Å². The summed E-state index contributed by atoms with van der Waals surface area (Å²) in [4.78, 5) is 36.8. The van der Waals surface area contributed by atoms with Crippen LogP contribution in [0.2, 0.25) is 0 Å². The van der Waals surface area contributed by atoms with E-state index in [1.165, 1.54) is 40.9 Å². The summed E-state index contributed by atoms with van der Waals surface area (Å²) in [7, 11) is 0. The molecular weight excluding hydrogens is 422 g/mol. The van der Waals surface area contributed by atoms with Gasteiger partial charge in [-0.1, -0.05) is 66.5 Å². The molecule has 0 bridgehead atoms. The highest BCUT2D eigenvalue weighted by molar-refractivity contribution is 8.26. The number of carbonyl (C=O) groups is 2. The Morgan fingerprint density at radius 1 is 1.17 bits per heavy atom. The minimum atomic E-state index is -0.511. The summed E-state index contributed by atoms with van der Waals surface area (Å²) < 4.78 is 0.405. The molecule has 2 aromatic rings. The van der Waals surface area contributed by atoms with Crippen LogP contribution >= 0.6 is 24.0 Å². The zero-order valence-corrected chi connectivity index (χ0v) is 17.3. The number of allylic oxidation sites excluding steroid dienone is 2. The molecule has 0 aromatic heterocycles. The van der Waals surface area contributed by atoms with Gasteiger partial charge in [0.15, 0.2) is 0 Å². The van der Waals surface area contributed by atoms with Crippen molar-refractivity contribution in [3.63, 3.8) is 0 Å². The summed E-state index contributed by atoms with van der Waals surface area (Å²) in [5.74, 6) is -0.545. The van der Waals surface area contributed by atoms with Gasteiger partial charge in [-0.15, -0.1) is 0 Å². The molecule has 0 spiro atoms. The Morgan fingerprint density at radius 2 is 1.87 bits per heavy atom. The molecule has 9 heteroatoms. The van der Waals surface area contributed by atoms with Gasteiger partial charge in [0.25, 0.3) is 11.6 Å². The second kappa shape index (κ2) is 9.95. The van der Waals surface area contributed by atoms with E-state index >= 15 is 0 Å². The SMILES string of the molecule is O=C(CCN1C(=O)/C(=C/C=C/c2ccccc2)SC1=S)Nc1ccc([N+](=O)[O-])cc1. The van der Waals surface area contributed by atoms with Crippen molar-refractivity contribution < 1.29 is 14.5 Å². The number of nitro groups is 1. The fourth-order valence-electron chi connectivity index (χ4n) is 2.62. The Morgan fingerprint density at radius 3 is 2.53 bits per heavy atom. The number of benzene rings is 2. The van der Waals surface area contributed by atoms with Crippen LogP contribution in [-0.2, 0) is 9.59 Å². The third-order valence-electron chi connectivity index (χ3n) is 4.13. The van der Waals surface area contributed by atoms with E-state index in [1.807, 2.05) is 36.4 Å². The second-order valence-electron chi connectivity index (χ2n) is 6.23. The van der Waals surface area contributed by atoms with Crippen LogP contribution in [0.4, 0.5) is 11.4 Å². The van der Waals surface area contributed by atoms with Crippen molar-refractivity contribution in [3.05, 3.63) is 87.3 Å². The van der Waals surface area contributed by atoms with Crippen LogP contribution in [0.25, 0.3) is 6.08 Å². The van der Waals surface area contributed by atoms with Gasteiger partial charge in [0.05, 0.1) is 9.83 Å². The first-order valence-corrected chi connectivity index (χ1v) is 10.2. The molecule has 7 nitrogen and oxygen atoms in total. The smallest absolute Gasteiger partial charge is 0.269 e. The largest absolute Gasteiger partial charge is 0.326 e. The number of carbonyl (C=O) groups excluding carboxylic acids is 2. The predicted octanol–water partition coefficient (Wildman–Crippen LogP) is 4.38. The molecule has 2 aromatic carbocycles. The maximum atomic E-state index is 12.6. The lowest BCUT2D eigenvalue weighted by atomic mass is 10.2. The summed E-state index contributed by atoms with van der Waals surface area (Å²) >= 11 is 6.47. The number of hydrogen-bond donors (Lipinski definition) is 1. The molecular formula is C21H17N3O4S2. The number of thiocarbonyl (C=S) groups is 1. The van der Waals surface area contributed by atoms with Crippen molar-refractivity contribution in [3.8, 4) is 0 Å². The maximum Gasteiger partial charge on any atom is 0.269 e. The Kier molecular flexibility index (Phi) is 7.10. The summed E-state index contributed by atoms with van der Waals surface area (Å²) in [6, 6.07) is 15.2. The Hall–Kier alpha value is -3.30.